The van der Waals surface area contributed by atoms with E-state index in [2.05, 4.69) is 34.3 Å². The van der Waals surface area contributed by atoms with E-state index in [4.69, 9.17) is 4.52 Å². The van der Waals surface area contributed by atoms with Crippen LogP contribution in [0.2, 0.25) is 0 Å². The first-order chi connectivity index (χ1) is 8.13. The molecule has 2 rings (SSSR count). The number of nitrogens with zero attached hydrogens (tertiary/aromatic N) is 4. The Morgan fingerprint density at radius 3 is 2.94 bits per heavy atom. The Morgan fingerprint density at radius 1 is 1.47 bits per heavy atom. The number of hydrogen-bond donors (Lipinski definition) is 1. The summed E-state index contributed by atoms with van der Waals surface area (Å²) in [6.45, 7) is 7.36. The van der Waals surface area contributed by atoms with Crippen molar-refractivity contribution < 1.29 is 4.52 Å². The molecule has 17 heavy (non-hydrogen) atoms. The highest BCUT2D eigenvalue weighted by Crippen LogP contribution is 2.02. The number of hydrogen-bond acceptors (Lipinski definition) is 5. The fourth-order valence-electron chi connectivity index (χ4n) is 1.45. The third-order valence-electron chi connectivity index (χ3n) is 2.27. The Bertz CT molecular complexity index is 474. The van der Waals surface area contributed by atoms with E-state index in [-0.39, 0.29) is 0 Å². The minimum atomic E-state index is 0.457. The number of aryl methyl sites for hydroxylation is 1. The maximum Gasteiger partial charge on any atom is 0.246 e. The van der Waals surface area contributed by atoms with Crippen molar-refractivity contribution in [3.05, 3.63) is 29.9 Å². The van der Waals surface area contributed by atoms with Crippen molar-refractivity contribution in [2.24, 2.45) is 0 Å². The predicted octanol–water partition coefficient (Wildman–Crippen LogP) is 1.12. The Kier molecular flexibility index (Phi) is 3.53. The Morgan fingerprint density at radius 2 is 2.29 bits per heavy atom. The van der Waals surface area contributed by atoms with Crippen LogP contribution in [-0.4, -0.2) is 25.7 Å². The predicted molar refractivity (Wildman–Crippen MR) is 62.3 cm³/mol. The van der Waals surface area contributed by atoms with Crippen molar-refractivity contribution in [1.29, 1.82) is 0 Å². The molecule has 0 aliphatic carbocycles. The molecular formula is C11H17N5O. The first-order valence-corrected chi connectivity index (χ1v) is 5.66. The summed E-state index contributed by atoms with van der Waals surface area (Å²) in [6, 6.07) is 0.457. The molecule has 0 spiro atoms. The summed E-state index contributed by atoms with van der Waals surface area (Å²) < 4.78 is 6.99. The fourth-order valence-corrected chi connectivity index (χ4v) is 1.45. The summed E-state index contributed by atoms with van der Waals surface area (Å²) in [4.78, 5) is 8.45. The molecule has 0 aromatic carbocycles. The van der Waals surface area contributed by atoms with E-state index in [9.17, 15) is 0 Å². The SMILES string of the molecule is Cc1noc(Cn2cnc(CNC(C)C)c2)n1. The largest absolute Gasteiger partial charge is 0.337 e. The van der Waals surface area contributed by atoms with Gasteiger partial charge in [-0.3, -0.25) is 0 Å². The first-order valence-electron chi connectivity index (χ1n) is 5.66. The van der Waals surface area contributed by atoms with Crippen molar-refractivity contribution in [2.75, 3.05) is 0 Å². The second kappa shape index (κ2) is 5.09. The lowest BCUT2D eigenvalue weighted by molar-refractivity contribution is 0.367. The van der Waals surface area contributed by atoms with Crippen LogP contribution >= 0.6 is 0 Å². The molecule has 0 saturated carbocycles. The number of imidazole rings is 1. The summed E-state index contributed by atoms with van der Waals surface area (Å²) >= 11 is 0. The summed E-state index contributed by atoms with van der Waals surface area (Å²) in [7, 11) is 0. The standard InChI is InChI=1S/C11H17N5O/c1-8(2)12-4-10-5-16(7-13-10)6-11-14-9(3)15-17-11/h5,7-8,12H,4,6H2,1-3H3. The molecule has 2 aromatic heterocycles. The minimum Gasteiger partial charge on any atom is -0.337 e. The maximum absolute atomic E-state index is 5.05. The second-order valence-corrected chi connectivity index (χ2v) is 4.31. The molecular weight excluding hydrogens is 218 g/mol. The van der Waals surface area contributed by atoms with Gasteiger partial charge >= 0.3 is 0 Å². The van der Waals surface area contributed by atoms with Crippen LogP contribution in [0, 0.1) is 6.92 Å². The van der Waals surface area contributed by atoms with Gasteiger partial charge in [-0.25, -0.2) is 4.98 Å². The molecule has 6 nitrogen and oxygen atoms in total. The summed E-state index contributed by atoms with van der Waals surface area (Å²) in [5.41, 5.74) is 1.01. The minimum absolute atomic E-state index is 0.457. The molecule has 0 aliphatic heterocycles. The van der Waals surface area contributed by atoms with E-state index in [1.54, 1.807) is 13.3 Å². The number of rotatable bonds is 5. The van der Waals surface area contributed by atoms with Crippen molar-refractivity contribution in [3.63, 3.8) is 0 Å². The summed E-state index contributed by atoms with van der Waals surface area (Å²) in [5.74, 6) is 1.25. The Balaban J connectivity index is 1.94. The van der Waals surface area contributed by atoms with Gasteiger partial charge < -0.3 is 14.4 Å². The highest BCUT2D eigenvalue weighted by atomic mass is 16.5. The highest BCUT2D eigenvalue weighted by Gasteiger charge is 2.05. The van der Waals surface area contributed by atoms with E-state index in [0.717, 1.165) is 12.2 Å². The lowest BCUT2D eigenvalue weighted by atomic mass is 10.3. The van der Waals surface area contributed by atoms with Gasteiger partial charge in [0.05, 0.1) is 12.0 Å². The average Bonchev–Trinajstić information content (AvgIpc) is 2.86. The van der Waals surface area contributed by atoms with Gasteiger partial charge in [0.2, 0.25) is 5.89 Å². The molecule has 0 radical (unpaired) electrons. The van der Waals surface area contributed by atoms with Crippen molar-refractivity contribution in [3.8, 4) is 0 Å². The normalized spacial score (nSPS) is 11.3. The number of aromatic nitrogens is 4. The van der Waals surface area contributed by atoms with Gasteiger partial charge in [-0.1, -0.05) is 19.0 Å². The highest BCUT2D eigenvalue weighted by molar-refractivity contribution is 4.98. The summed E-state index contributed by atoms with van der Waals surface area (Å²) in [5, 5.41) is 7.06. The van der Waals surface area contributed by atoms with Gasteiger partial charge in [-0.15, -0.1) is 0 Å². The molecule has 6 heteroatoms. The topological polar surface area (TPSA) is 68.8 Å². The molecule has 0 saturated heterocycles. The first kappa shape index (κ1) is 11.8. The lowest BCUT2D eigenvalue weighted by Gasteiger charge is -2.04. The molecule has 0 bridgehead atoms. The van der Waals surface area contributed by atoms with Gasteiger partial charge in [0.1, 0.15) is 6.54 Å². The fraction of sp³-hybridized carbons (Fsp3) is 0.545. The van der Waals surface area contributed by atoms with Crippen molar-refractivity contribution in [2.45, 2.75) is 39.9 Å². The zero-order valence-electron chi connectivity index (χ0n) is 10.3. The molecule has 2 heterocycles. The van der Waals surface area contributed by atoms with Crippen LogP contribution in [0.3, 0.4) is 0 Å². The van der Waals surface area contributed by atoms with Crippen LogP contribution < -0.4 is 5.32 Å². The lowest BCUT2D eigenvalue weighted by Crippen LogP contribution is -2.21. The van der Waals surface area contributed by atoms with Gasteiger partial charge in [0.15, 0.2) is 5.82 Å². The molecule has 92 valence electrons. The molecule has 0 amide bonds. The van der Waals surface area contributed by atoms with Crippen molar-refractivity contribution in [1.82, 2.24) is 25.0 Å². The summed E-state index contributed by atoms with van der Waals surface area (Å²) in [6.07, 6.45) is 3.76. The van der Waals surface area contributed by atoms with E-state index >= 15 is 0 Å². The van der Waals surface area contributed by atoms with Crippen LogP contribution in [0.1, 0.15) is 31.3 Å². The quantitative estimate of drug-likeness (QED) is 0.841. The van der Waals surface area contributed by atoms with Crippen LogP contribution in [0.25, 0.3) is 0 Å². The Hall–Kier alpha value is -1.69. The van der Waals surface area contributed by atoms with Crippen LogP contribution in [-0.2, 0) is 13.1 Å². The average molecular weight is 235 g/mol. The molecule has 0 fully saturated rings. The van der Waals surface area contributed by atoms with Crippen molar-refractivity contribution >= 4 is 0 Å². The third-order valence-corrected chi connectivity index (χ3v) is 2.27. The molecule has 1 N–H and O–H groups in total. The van der Waals surface area contributed by atoms with Crippen LogP contribution in [0.15, 0.2) is 17.0 Å². The monoisotopic (exact) mass is 235 g/mol. The maximum atomic E-state index is 5.05. The van der Waals surface area contributed by atoms with Gasteiger partial charge in [0.25, 0.3) is 0 Å². The molecule has 0 aliphatic rings. The van der Waals surface area contributed by atoms with Crippen LogP contribution in [0.5, 0.6) is 0 Å². The zero-order chi connectivity index (χ0) is 12.3. The van der Waals surface area contributed by atoms with Crippen LogP contribution in [0.4, 0.5) is 0 Å². The Labute approximate surface area is 100 Å². The van der Waals surface area contributed by atoms with E-state index < -0.39 is 0 Å². The van der Waals surface area contributed by atoms with E-state index in [0.29, 0.717) is 24.3 Å². The zero-order valence-corrected chi connectivity index (χ0v) is 10.3. The molecule has 0 unspecified atom stereocenters. The number of nitrogens with one attached hydrogen (secondary N) is 1. The third kappa shape index (κ3) is 3.39. The molecule has 0 atom stereocenters. The van der Waals surface area contributed by atoms with Gasteiger partial charge in [-0.05, 0) is 6.92 Å². The smallest absolute Gasteiger partial charge is 0.246 e. The second-order valence-electron chi connectivity index (χ2n) is 4.31. The van der Waals surface area contributed by atoms with Gasteiger partial charge in [0, 0.05) is 18.8 Å². The van der Waals surface area contributed by atoms with E-state index in [1.807, 2.05) is 10.8 Å². The van der Waals surface area contributed by atoms with E-state index in [1.165, 1.54) is 0 Å². The van der Waals surface area contributed by atoms with Gasteiger partial charge in [-0.2, -0.15) is 4.98 Å². The molecule has 2 aromatic rings.